The van der Waals surface area contributed by atoms with Crippen LogP contribution in [0.2, 0.25) is 0 Å². The third-order valence-electron chi connectivity index (χ3n) is 2.77. The predicted molar refractivity (Wildman–Crippen MR) is 54.1 cm³/mol. The van der Waals surface area contributed by atoms with Gasteiger partial charge in [-0.1, -0.05) is 24.3 Å². The van der Waals surface area contributed by atoms with Crippen molar-refractivity contribution in [3.05, 3.63) is 35.4 Å². The molecule has 0 atom stereocenters. The van der Waals surface area contributed by atoms with Gasteiger partial charge in [0.25, 0.3) is 0 Å². The molecule has 1 aromatic rings. The van der Waals surface area contributed by atoms with Crippen LogP contribution in [0, 0.1) is 5.92 Å². The van der Waals surface area contributed by atoms with Gasteiger partial charge in [0.2, 0.25) is 0 Å². The van der Waals surface area contributed by atoms with E-state index in [1.54, 1.807) is 0 Å². The average Bonchev–Trinajstić information content (AvgIpc) is 2.59. The highest BCUT2D eigenvalue weighted by Crippen LogP contribution is 2.28. The van der Waals surface area contributed by atoms with Crippen LogP contribution in [0.4, 0.5) is 0 Å². The van der Waals surface area contributed by atoms with E-state index < -0.39 is 5.97 Å². The lowest BCUT2D eigenvalue weighted by Gasteiger charge is -2.04. The van der Waals surface area contributed by atoms with Crippen LogP contribution in [0.25, 0.3) is 0 Å². The number of carbonyl (C=O) groups excluding carboxylic acids is 2. The second kappa shape index (κ2) is 4.26. The van der Waals surface area contributed by atoms with E-state index in [4.69, 9.17) is 0 Å². The van der Waals surface area contributed by atoms with Gasteiger partial charge in [0, 0.05) is 6.42 Å². The fourth-order valence-electron chi connectivity index (χ4n) is 2.13. The van der Waals surface area contributed by atoms with Gasteiger partial charge in [-0.3, -0.25) is 9.59 Å². The Hall–Kier alpha value is -1.64. The molecule has 0 saturated heterocycles. The number of ether oxygens (including phenoxy) is 1. The Morgan fingerprint density at radius 2 is 1.93 bits per heavy atom. The summed E-state index contributed by atoms with van der Waals surface area (Å²) in [6.45, 7) is 0.199. The zero-order chi connectivity index (χ0) is 10.7. The van der Waals surface area contributed by atoms with Gasteiger partial charge in [-0.25, -0.2) is 0 Å². The van der Waals surface area contributed by atoms with Gasteiger partial charge in [0.05, 0.1) is 0 Å². The summed E-state index contributed by atoms with van der Waals surface area (Å²) in [7, 11) is 0. The quantitative estimate of drug-likeness (QED) is 0.425. The van der Waals surface area contributed by atoms with E-state index in [2.05, 4.69) is 16.9 Å². The molecule has 0 amide bonds. The SMILES string of the molecule is O=COC(=O)CC1Cc2ccccc2C1. The highest BCUT2D eigenvalue weighted by molar-refractivity contribution is 5.76. The molecule has 3 nitrogen and oxygen atoms in total. The summed E-state index contributed by atoms with van der Waals surface area (Å²) in [5, 5.41) is 0. The van der Waals surface area contributed by atoms with E-state index in [0.29, 0.717) is 6.42 Å². The van der Waals surface area contributed by atoms with Crippen molar-refractivity contribution in [1.82, 2.24) is 0 Å². The lowest BCUT2D eigenvalue weighted by Crippen LogP contribution is -2.10. The Morgan fingerprint density at radius 1 is 1.33 bits per heavy atom. The van der Waals surface area contributed by atoms with Crippen molar-refractivity contribution >= 4 is 12.4 Å². The van der Waals surface area contributed by atoms with E-state index in [9.17, 15) is 9.59 Å². The Balaban J connectivity index is 1.96. The zero-order valence-corrected chi connectivity index (χ0v) is 8.31. The minimum atomic E-state index is -0.428. The monoisotopic (exact) mass is 204 g/mol. The Morgan fingerprint density at radius 3 is 2.47 bits per heavy atom. The van der Waals surface area contributed by atoms with E-state index >= 15 is 0 Å². The summed E-state index contributed by atoms with van der Waals surface area (Å²) in [5.41, 5.74) is 2.61. The Labute approximate surface area is 88.1 Å². The van der Waals surface area contributed by atoms with Gasteiger partial charge in [0.1, 0.15) is 0 Å². The first-order valence-corrected chi connectivity index (χ1v) is 4.99. The van der Waals surface area contributed by atoms with Gasteiger partial charge in [-0.15, -0.1) is 0 Å². The van der Waals surface area contributed by atoms with E-state index in [1.165, 1.54) is 11.1 Å². The molecule has 0 fully saturated rings. The number of hydrogen-bond acceptors (Lipinski definition) is 3. The molecule has 0 radical (unpaired) electrons. The molecule has 0 heterocycles. The normalized spacial score (nSPS) is 14.7. The van der Waals surface area contributed by atoms with Gasteiger partial charge < -0.3 is 4.74 Å². The molecule has 0 aromatic heterocycles. The smallest absolute Gasteiger partial charge is 0.313 e. The molecular weight excluding hydrogens is 192 g/mol. The average molecular weight is 204 g/mol. The van der Waals surface area contributed by atoms with Crippen molar-refractivity contribution in [2.45, 2.75) is 19.3 Å². The number of rotatable bonds is 3. The van der Waals surface area contributed by atoms with Crippen LogP contribution in [-0.4, -0.2) is 12.4 Å². The fourth-order valence-corrected chi connectivity index (χ4v) is 2.13. The Kier molecular flexibility index (Phi) is 2.81. The second-order valence-corrected chi connectivity index (χ2v) is 3.83. The fraction of sp³-hybridized carbons (Fsp3) is 0.333. The van der Waals surface area contributed by atoms with E-state index in [-0.39, 0.29) is 12.4 Å². The van der Waals surface area contributed by atoms with Gasteiger partial charge in [-0.2, -0.15) is 0 Å². The molecule has 15 heavy (non-hydrogen) atoms. The maximum atomic E-state index is 11.1. The number of carbonyl (C=O) groups is 2. The first-order valence-electron chi connectivity index (χ1n) is 4.99. The number of esters is 1. The first-order chi connectivity index (χ1) is 7.29. The summed E-state index contributed by atoms with van der Waals surface area (Å²) in [6, 6.07) is 8.18. The zero-order valence-electron chi connectivity index (χ0n) is 8.31. The molecule has 0 aliphatic heterocycles. The third-order valence-corrected chi connectivity index (χ3v) is 2.77. The molecule has 0 saturated carbocycles. The summed E-state index contributed by atoms with van der Waals surface area (Å²) >= 11 is 0. The van der Waals surface area contributed by atoms with Crippen molar-refractivity contribution in [3.63, 3.8) is 0 Å². The highest BCUT2D eigenvalue weighted by Gasteiger charge is 2.23. The van der Waals surface area contributed by atoms with Gasteiger partial charge in [0.15, 0.2) is 0 Å². The number of benzene rings is 1. The molecule has 0 bridgehead atoms. The van der Waals surface area contributed by atoms with Crippen molar-refractivity contribution in [3.8, 4) is 0 Å². The maximum Gasteiger partial charge on any atom is 0.313 e. The van der Waals surface area contributed by atoms with Gasteiger partial charge >= 0.3 is 12.4 Å². The van der Waals surface area contributed by atoms with E-state index in [0.717, 1.165) is 12.8 Å². The minimum absolute atomic E-state index is 0.199. The predicted octanol–water partition coefficient (Wildman–Crippen LogP) is 1.49. The minimum Gasteiger partial charge on any atom is -0.395 e. The van der Waals surface area contributed by atoms with Crippen LogP contribution in [0.15, 0.2) is 24.3 Å². The number of fused-ring (bicyclic) bond motifs is 1. The van der Waals surface area contributed by atoms with Crippen molar-refractivity contribution in [2.75, 3.05) is 0 Å². The van der Waals surface area contributed by atoms with Crippen LogP contribution in [-0.2, 0) is 27.2 Å². The van der Waals surface area contributed by atoms with E-state index in [1.807, 2.05) is 12.1 Å². The van der Waals surface area contributed by atoms with Crippen molar-refractivity contribution < 1.29 is 14.3 Å². The lowest BCUT2D eigenvalue weighted by molar-refractivity contribution is -0.152. The molecule has 78 valence electrons. The molecule has 1 aliphatic rings. The summed E-state index contributed by atoms with van der Waals surface area (Å²) in [6.07, 6.45) is 2.14. The summed E-state index contributed by atoms with van der Waals surface area (Å²) < 4.78 is 4.28. The van der Waals surface area contributed by atoms with Gasteiger partial charge in [-0.05, 0) is 29.9 Å². The molecule has 1 aromatic carbocycles. The van der Waals surface area contributed by atoms with Crippen LogP contribution in [0.3, 0.4) is 0 Å². The molecule has 0 unspecified atom stereocenters. The van der Waals surface area contributed by atoms with Crippen LogP contribution in [0.1, 0.15) is 17.5 Å². The topological polar surface area (TPSA) is 43.4 Å². The largest absolute Gasteiger partial charge is 0.395 e. The van der Waals surface area contributed by atoms with Crippen LogP contribution < -0.4 is 0 Å². The lowest BCUT2D eigenvalue weighted by atomic mass is 10.0. The standard InChI is InChI=1S/C12H12O3/c13-8-15-12(14)7-9-5-10-3-1-2-4-11(10)6-9/h1-4,8-9H,5-7H2. The van der Waals surface area contributed by atoms with Crippen LogP contribution >= 0.6 is 0 Å². The molecule has 1 aliphatic carbocycles. The molecule has 3 heteroatoms. The number of hydrogen-bond donors (Lipinski definition) is 0. The first kappa shape index (κ1) is 9.90. The van der Waals surface area contributed by atoms with Crippen molar-refractivity contribution in [2.24, 2.45) is 5.92 Å². The molecule has 0 N–H and O–H groups in total. The maximum absolute atomic E-state index is 11.1. The molecular formula is C12H12O3. The van der Waals surface area contributed by atoms with Crippen molar-refractivity contribution in [1.29, 1.82) is 0 Å². The molecule has 0 spiro atoms. The summed E-state index contributed by atoms with van der Waals surface area (Å²) in [4.78, 5) is 21.1. The third kappa shape index (κ3) is 2.24. The molecule has 2 rings (SSSR count). The van der Waals surface area contributed by atoms with Crippen LogP contribution in [0.5, 0.6) is 0 Å². The highest BCUT2D eigenvalue weighted by atomic mass is 16.6. The Bertz CT molecular complexity index is 359. The summed E-state index contributed by atoms with van der Waals surface area (Å²) in [5.74, 6) is -0.141. The second-order valence-electron chi connectivity index (χ2n) is 3.83.